The second kappa shape index (κ2) is 8.56. The first kappa shape index (κ1) is 20.5. The number of anilines is 1. The Bertz CT molecular complexity index is 926. The Morgan fingerprint density at radius 3 is 2.57 bits per heavy atom. The molecule has 0 N–H and O–H groups in total. The van der Waals surface area contributed by atoms with Crippen LogP contribution in [0, 0.1) is 11.2 Å². The Morgan fingerprint density at radius 1 is 1.10 bits per heavy atom. The summed E-state index contributed by atoms with van der Waals surface area (Å²) in [6, 6.07) is 13.5. The Balaban J connectivity index is 1.54. The van der Waals surface area contributed by atoms with Crippen molar-refractivity contribution in [3.05, 3.63) is 65.5 Å². The predicted molar refractivity (Wildman–Crippen MR) is 113 cm³/mol. The molecule has 2 amide bonds. The standard InChI is InChI=1S/C24H27FN2O3/c1-30-16-18-5-2-6-19(15-18)22(28)26-13-3-11-24(17-26)12-4-14-27(23(24)29)21-9-7-20(25)8-10-21/h2,5-10,15H,3-4,11-14,16-17H2,1H3. The maximum Gasteiger partial charge on any atom is 0.253 e. The number of likely N-dealkylation sites (tertiary alicyclic amines) is 1. The van der Waals surface area contributed by atoms with Crippen LogP contribution in [0.5, 0.6) is 0 Å². The van der Waals surface area contributed by atoms with Crippen molar-refractivity contribution in [2.24, 2.45) is 5.41 Å². The quantitative estimate of drug-likeness (QED) is 0.765. The van der Waals surface area contributed by atoms with Gasteiger partial charge in [-0.25, -0.2) is 4.39 Å². The molecule has 1 unspecified atom stereocenters. The Kier molecular flexibility index (Phi) is 5.86. The van der Waals surface area contributed by atoms with E-state index in [9.17, 15) is 14.0 Å². The lowest BCUT2D eigenvalue weighted by Gasteiger charge is -2.47. The number of carbonyl (C=O) groups excluding carboxylic acids is 2. The van der Waals surface area contributed by atoms with Gasteiger partial charge in [-0.1, -0.05) is 12.1 Å². The number of rotatable bonds is 4. The van der Waals surface area contributed by atoms with E-state index >= 15 is 0 Å². The maximum absolute atomic E-state index is 13.5. The highest BCUT2D eigenvalue weighted by Crippen LogP contribution is 2.41. The van der Waals surface area contributed by atoms with Crippen molar-refractivity contribution in [3.63, 3.8) is 0 Å². The fraction of sp³-hybridized carbons (Fsp3) is 0.417. The molecule has 1 spiro atoms. The van der Waals surface area contributed by atoms with Crippen LogP contribution in [0.1, 0.15) is 41.6 Å². The fourth-order valence-electron chi connectivity index (χ4n) is 4.76. The molecule has 2 aliphatic rings. The third kappa shape index (κ3) is 3.97. The average molecular weight is 410 g/mol. The minimum atomic E-state index is -0.565. The topological polar surface area (TPSA) is 49.9 Å². The molecule has 0 aromatic heterocycles. The lowest BCUT2D eigenvalue weighted by Crippen LogP contribution is -2.57. The van der Waals surface area contributed by atoms with Gasteiger partial charge in [0.1, 0.15) is 5.82 Å². The molecular weight excluding hydrogens is 383 g/mol. The van der Waals surface area contributed by atoms with E-state index in [0.29, 0.717) is 31.8 Å². The maximum atomic E-state index is 13.5. The Hall–Kier alpha value is -2.73. The summed E-state index contributed by atoms with van der Waals surface area (Å²) in [5.41, 5.74) is 1.73. The smallest absolute Gasteiger partial charge is 0.253 e. The second-order valence-electron chi connectivity index (χ2n) is 8.28. The van der Waals surface area contributed by atoms with Crippen LogP contribution >= 0.6 is 0 Å². The summed E-state index contributed by atoms with van der Waals surface area (Å²) >= 11 is 0. The van der Waals surface area contributed by atoms with Gasteiger partial charge in [-0.15, -0.1) is 0 Å². The van der Waals surface area contributed by atoms with Crippen molar-refractivity contribution in [1.82, 2.24) is 4.90 Å². The molecule has 2 aliphatic heterocycles. The van der Waals surface area contributed by atoms with Crippen molar-refractivity contribution >= 4 is 17.5 Å². The molecular formula is C24H27FN2O3. The summed E-state index contributed by atoms with van der Waals surface area (Å²) < 4.78 is 18.5. The van der Waals surface area contributed by atoms with Crippen LogP contribution in [-0.2, 0) is 16.1 Å². The highest BCUT2D eigenvalue weighted by Gasteiger charge is 2.47. The average Bonchev–Trinajstić information content (AvgIpc) is 2.77. The van der Waals surface area contributed by atoms with E-state index in [1.165, 1.54) is 12.1 Å². The molecule has 0 saturated carbocycles. The molecule has 1 atom stereocenters. The van der Waals surface area contributed by atoms with E-state index in [-0.39, 0.29) is 17.6 Å². The number of amides is 2. The first-order valence-corrected chi connectivity index (χ1v) is 10.5. The van der Waals surface area contributed by atoms with Gasteiger partial charge < -0.3 is 14.5 Å². The van der Waals surface area contributed by atoms with E-state index in [1.54, 1.807) is 24.1 Å². The summed E-state index contributed by atoms with van der Waals surface area (Å²) in [5, 5.41) is 0. The van der Waals surface area contributed by atoms with Gasteiger partial charge in [0.2, 0.25) is 5.91 Å². The molecule has 2 aromatic rings. The van der Waals surface area contributed by atoms with Crippen LogP contribution in [0.2, 0.25) is 0 Å². The van der Waals surface area contributed by atoms with Crippen LogP contribution < -0.4 is 4.90 Å². The van der Waals surface area contributed by atoms with E-state index in [1.807, 2.05) is 29.2 Å². The molecule has 0 bridgehead atoms. The van der Waals surface area contributed by atoms with Crippen LogP contribution in [0.25, 0.3) is 0 Å². The number of nitrogens with zero attached hydrogens (tertiary/aromatic N) is 2. The third-order valence-electron chi connectivity index (χ3n) is 6.22. The predicted octanol–water partition coefficient (Wildman–Crippen LogP) is 4.02. The van der Waals surface area contributed by atoms with Crippen LogP contribution in [0.15, 0.2) is 48.5 Å². The monoisotopic (exact) mass is 410 g/mol. The van der Waals surface area contributed by atoms with E-state index in [0.717, 1.165) is 36.9 Å². The summed E-state index contributed by atoms with van der Waals surface area (Å²) in [6.45, 7) is 2.16. The van der Waals surface area contributed by atoms with Crippen molar-refractivity contribution in [2.45, 2.75) is 32.3 Å². The zero-order chi connectivity index (χ0) is 21.1. The summed E-state index contributed by atoms with van der Waals surface area (Å²) in [7, 11) is 1.63. The number of benzene rings is 2. The van der Waals surface area contributed by atoms with Crippen LogP contribution in [0.3, 0.4) is 0 Å². The number of ether oxygens (including phenoxy) is 1. The fourth-order valence-corrected chi connectivity index (χ4v) is 4.76. The molecule has 2 fully saturated rings. The van der Waals surface area contributed by atoms with Gasteiger partial charge in [-0.2, -0.15) is 0 Å². The molecule has 158 valence electrons. The van der Waals surface area contributed by atoms with Crippen molar-refractivity contribution in [2.75, 3.05) is 31.6 Å². The Morgan fingerprint density at radius 2 is 1.83 bits per heavy atom. The molecule has 0 radical (unpaired) electrons. The minimum Gasteiger partial charge on any atom is -0.380 e. The highest BCUT2D eigenvalue weighted by atomic mass is 19.1. The molecule has 6 heteroatoms. The Labute approximate surface area is 176 Å². The van der Waals surface area contributed by atoms with Gasteiger partial charge in [0, 0.05) is 38.0 Å². The van der Waals surface area contributed by atoms with Crippen LogP contribution in [-0.4, -0.2) is 43.5 Å². The molecule has 2 saturated heterocycles. The highest BCUT2D eigenvalue weighted by molar-refractivity contribution is 6.00. The summed E-state index contributed by atoms with van der Waals surface area (Å²) in [5.74, 6) is -0.312. The molecule has 5 nitrogen and oxygen atoms in total. The molecule has 0 aliphatic carbocycles. The largest absolute Gasteiger partial charge is 0.380 e. The molecule has 4 rings (SSSR count). The number of hydrogen-bond acceptors (Lipinski definition) is 3. The minimum absolute atomic E-state index is 0.0428. The van der Waals surface area contributed by atoms with E-state index in [4.69, 9.17) is 4.74 Å². The zero-order valence-electron chi connectivity index (χ0n) is 17.3. The van der Waals surface area contributed by atoms with Gasteiger partial charge in [-0.05, 0) is 67.6 Å². The SMILES string of the molecule is COCc1cccc(C(=O)N2CCCC3(CCCN(c4ccc(F)cc4)C3=O)C2)c1. The van der Waals surface area contributed by atoms with Crippen molar-refractivity contribution in [1.29, 1.82) is 0 Å². The van der Waals surface area contributed by atoms with Gasteiger partial charge >= 0.3 is 0 Å². The molecule has 30 heavy (non-hydrogen) atoms. The van der Waals surface area contributed by atoms with Gasteiger partial charge in [0.05, 0.1) is 12.0 Å². The van der Waals surface area contributed by atoms with Gasteiger partial charge in [-0.3, -0.25) is 9.59 Å². The number of hydrogen-bond donors (Lipinski definition) is 0. The van der Waals surface area contributed by atoms with E-state index in [2.05, 4.69) is 0 Å². The summed E-state index contributed by atoms with van der Waals surface area (Å²) in [4.78, 5) is 30.3. The van der Waals surface area contributed by atoms with Crippen molar-refractivity contribution in [3.8, 4) is 0 Å². The lowest BCUT2D eigenvalue weighted by atomic mass is 9.72. The lowest BCUT2D eigenvalue weighted by molar-refractivity contribution is -0.133. The third-order valence-corrected chi connectivity index (χ3v) is 6.22. The first-order chi connectivity index (χ1) is 14.5. The normalized spacial score (nSPS) is 21.9. The van der Waals surface area contributed by atoms with Crippen LogP contribution in [0.4, 0.5) is 10.1 Å². The summed E-state index contributed by atoms with van der Waals surface area (Å²) in [6.07, 6.45) is 3.22. The first-order valence-electron chi connectivity index (χ1n) is 10.5. The van der Waals surface area contributed by atoms with E-state index < -0.39 is 5.41 Å². The number of halogens is 1. The number of carbonyl (C=O) groups is 2. The number of methoxy groups -OCH3 is 1. The molecule has 2 heterocycles. The van der Waals surface area contributed by atoms with Gasteiger partial charge in [0.15, 0.2) is 0 Å². The second-order valence-corrected chi connectivity index (χ2v) is 8.28. The molecule has 2 aromatic carbocycles. The zero-order valence-corrected chi connectivity index (χ0v) is 17.3. The number of piperidine rings is 2. The van der Waals surface area contributed by atoms with Gasteiger partial charge in [0.25, 0.3) is 5.91 Å². The van der Waals surface area contributed by atoms with Crippen molar-refractivity contribution < 1.29 is 18.7 Å².